The fourth-order valence-corrected chi connectivity index (χ4v) is 3.73. The van der Waals surface area contributed by atoms with Crippen molar-refractivity contribution in [2.45, 2.75) is 19.3 Å². The van der Waals surface area contributed by atoms with Crippen LogP contribution in [0.3, 0.4) is 0 Å². The average Bonchev–Trinajstić information content (AvgIpc) is 3.21. The first-order valence-corrected chi connectivity index (χ1v) is 8.08. The van der Waals surface area contributed by atoms with E-state index in [0.29, 0.717) is 18.4 Å². The van der Waals surface area contributed by atoms with E-state index in [0.717, 1.165) is 37.9 Å². The lowest BCUT2D eigenvalue weighted by atomic mass is 9.78. The molecule has 120 valence electrons. The normalized spacial score (nSPS) is 24.7. The van der Waals surface area contributed by atoms with Gasteiger partial charge < -0.3 is 14.3 Å². The Hall–Kier alpha value is -2.37. The van der Waals surface area contributed by atoms with Gasteiger partial charge in [-0.3, -0.25) is 4.79 Å². The highest BCUT2D eigenvalue weighted by Gasteiger charge is 2.48. The van der Waals surface area contributed by atoms with Crippen LogP contribution in [-0.4, -0.2) is 47.6 Å². The van der Waals surface area contributed by atoms with Crippen LogP contribution in [0.5, 0.6) is 0 Å². The summed E-state index contributed by atoms with van der Waals surface area (Å²) >= 11 is 0. The van der Waals surface area contributed by atoms with Crippen LogP contribution >= 0.6 is 0 Å². The molecule has 2 aliphatic heterocycles. The van der Waals surface area contributed by atoms with Crippen molar-refractivity contribution < 1.29 is 9.32 Å². The smallest absolute Gasteiger partial charge is 0.324 e. The van der Waals surface area contributed by atoms with Crippen molar-refractivity contribution >= 4 is 11.9 Å². The number of hydrogen-bond acceptors (Lipinski definition) is 5. The van der Waals surface area contributed by atoms with Gasteiger partial charge in [-0.1, -0.05) is 35.5 Å². The lowest BCUT2D eigenvalue weighted by Crippen LogP contribution is -2.48. The SMILES string of the molecule is CN1CCCC2(CCN(c3nc(-c4ccccc4)no3)C2)C1=O. The summed E-state index contributed by atoms with van der Waals surface area (Å²) in [5.74, 6) is 0.850. The van der Waals surface area contributed by atoms with Crippen molar-refractivity contribution in [2.75, 3.05) is 31.6 Å². The first-order valence-electron chi connectivity index (χ1n) is 8.08. The monoisotopic (exact) mass is 312 g/mol. The first-order chi connectivity index (χ1) is 11.2. The lowest BCUT2D eigenvalue weighted by molar-refractivity contribution is -0.143. The maximum absolute atomic E-state index is 12.6. The third kappa shape index (κ3) is 2.38. The van der Waals surface area contributed by atoms with Gasteiger partial charge in [-0.2, -0.15) is 4.98 Å². The molecule has 0 bridgehead atoms. The molecule has 2 saturated heterocycles. The molecule has 23 heavy (non-hydrogen) atoms. The van der Waals surface area contributed by atoms with Gasteiger partial charge in [0, 0.05) is 32.2 Å². The van der Waals surface area contributed by atoms with Crippen LogP contribution in [0.2, 0.25) is 0 Å². The van der Waals surface area contributed by atoms with E-state index in [1.165, 1.54) is 0 Å². The largest absolute Gasteiger partial charge is 0.345 e. The third-order valence-corrected chi connectivity index (χ3v) is 5.02. The summed E-state index contributed by atoms with van der Waals surface area (Å²) in [6, 6.07) is 10.3. The maximum atomic E-state index is 12.6. The van der Waals surface area contributed by atoms with Crippen LogP contribution in [-0.2, 0) is 4.79 Å². The Morgan fingerprint density at radius 3 is 2.83 bits per heavy atom. The minimum atomic E-state index is -0.269. The molecular formula is C17H20N4O2. The van der Waals surface area contributed by atoms with Gasteiger partial charge in [0.15, 0.2) is 0 Å². The van der Waals surface area contributed by atoms with E-state index in [1.807, 2.05) is 42.3 Å². The number of amides is 1. The fraction of sp³-hybridized carbons (Fsp3) is 0.471. The molecule has 2 aliphatic rings. The highest BCUT2D eigenvalue weighted by Crippen LogP contribution is 2.41. The van der Waals surface area contributed by atoms with Crippen molar-refractivity contribution in [1.29, 1.82) is 0 Å². The zero-order chi connectivity index (χ0) is 15.9. The van der Waals surface area contributed by atoms with Crippen LogP contribution in [0.4, 0.5) is 6.01 Å². The standard InChI is InChI=1S/C17H20N4O2/c1-20-10-5-8-17(15(20)22)9-11-21(12-17)16-18-14(19-23-16)13-6-3-2-4-7-13/h2-4,6-7H,5,8-12H2,1H3. The number of nitrogens with zero attached hydrogens (tertiary/aromatic N) is 4. The number of benzene rings is 1. The number of carbonyl (C=O) groups excluding carboxylic acids is 1. The first kappa shape index (κ1) is 14.2. The maximum Gasteiger partial charge on any atom is 0.324 e. The summed E-state index contributed by atoms with van der Waals surface area (Å²) in [6.07, 6.45) is 2.88. The average molecular weight is 312 g/mol. The van der Waals surface area contributed by atoms with Crippen molar-refractivity contribution in [2.24, 2.45) is 5.41 Å². The molecule has 4 rings (SSSR count). The summed E-state index contributed by atoms with van der Waals surface area (Å²) in [5.41, 5.74) is 0.666. The van der Waals surface area contributed by atoms with E-state index in [4.69, 9.17) is 4.52 Å². The predicted molar refractivity (Wildman–Crippen MR) is 85.9 cm³/mol. The Bertz CT molecular complexity index is 714. The second kappa shape index (κ2) is 5.37. The number of anilines is 1. The minimum Gasteiger partial charge on any atom is -0.345 e. The van der Waals surface area contributed by atoms with Crippen LogP contribution in [0.1, 0.15) is 19.3 Å². The van der Waals surface area contributed by atoms with Gasteiger partial charge in [-0.25, -0.2) is 0 Å². The Kier molecular flexibility index (Phi) is 3.32. The van der Waals surface area contributed by atoms with E-state index in [-0.39, 0.29) is 11.3 Å². The van der Waals surface area contributed by atoms with Gasteiger partial charge in [0.25, 0.3) is 0 Å². The second-order valence-corrected chi connectivity index (χ2v) is 6.55. The van der Waals surface area contributed by atoms with Gasteiger partial charge in [0.05, 0.1) is 5.41 Å². The molecular weight excluding hydrogens is 292 g/mol. The Morgan fingerprint density at radius 1 is 1.17 bits per heavy atom. The van der Waals surface area contributed by atoms with Crippen LogP contribution < -0.4 is 4.90 Å². The molecule has 0 radical (unpaired) electrons. The number of carbonyl (C=O) groups is 1. The predicted octanol–water partition coefficient (Wildman–Crippen LogP) is 2.19. The van der Waals surface area contributed by atoms with Crippen molar-refractivity contribution in [3.8, 4) is 11.4 Å². The Balaban J connectivity index is 1.54. The number of piperidine rings is 1. The quantitative estimate of drug-likeness (QED) is 0.850. The number of rotatable bonds is 2. The zero-order valence-corrected chi connectivity index (χ0v) is 13.2. The Labute approximate surface area is 135 Å². The molecule has 0 N–H and O–H groups in total. The second-order valence-electron chi connectivity index (χ2n) is 6.55. The van der Waals surface area contributed by atoms with E-state index in [9.17, 15) is 4.79 Å². The summed E-state index contributed by atoms with van der Waals surface area (Å²) in [7, 11) is 1.89. The fourth-order valence-electron chi connectivity index (χ4n) is 3.73. The molecule has 0 aliphatic carbocycles. The molecule has 1 spiro atoms. The summed E-state index contributed by atoms with van der Waals surface area (Å²) in [4.78, 5) is 21.0. The van der Waals surface area contributed by atoms with Gasteiger partial charge in [0.1, 0.15) is 0 Å². The van der Waals surface area contributed by atoms with Crippen LogP contribution in [0, 0.1) is 5.41 Å². The van der Waals surface area contributed by atoms with Crippen LogP contribution in [0.15, 0.2) is 34.9 Å². The lowest BCUT2D eigenvalue weighted by Gasteiger charge is -2.37. The molecule has 2 fully saturated rings. The van der Waals surface area contributed by atoms with Gasteiger partial charge in [-0.15, -0.1) is 0 Å². The number of hydrogen-bond donors (Lipinski definition) is 0. The number of likely N-dealkylation sites (tertiary alicyclic amines) is 1. The molecule has 3 heterocycles. The van der Waals surface area contributed by atoms with Gasteiger partial charge in [0.2, 0.25) is 11.7 Å². The molecule has 6 heteroatoms. The molecule has 0 saturated carbocycles. The molecule has 2 aromatic rings. The van der Waals surface area contributed by atoms with E-state index < -0.39 is 0 Å². The van der Waals surface area contributed by atoms with Gasteiger partial charge in [-0.05, 0) is 19.3 Å². The zero-order valence-electron chi connectivity index (χ0n) is 13.2. The summed E-state index contributed by atoms with van der Waals surface area (Å²) in [5, 5.41) is 4.08. The highest BCUT2D eigenvalue weighted by atomic mass is 16.5. The van der Waals surface area contributed by atoms with E-state index in [2.05, 4.69) is 15.0 Å². The Morgan fingerprint density at radius 2 is 2.00 bits per heavy atom. The van der Waals surface area contributed by atoms with Gasteiger partial charge >= 0.3 is 6.01 Å². The molecule has 1 aromatic carbocycles. The van der Waals surface area contributed by atoms with E-state index in [1.54, 1.807) is 0 Å². The summed E-state index contributed by atoms with van der Waals surface area (Å²) in [6.45, 7) is 2.32. The van der Waals surface area contributed by atoms with Crippen molar-refractivity contribution in [3.63, 3.8) is 0 Å². The van der Waals surface area contributed by atoms with E-state index >= 15 is 0 Å². The summed E-state index contributed by atoms with van der Waals surface area (Å²) < 4.78 is 5.44. The molecule has 1 amide bonds. The molecule has 1 atom stereocenters. The third-order valence-electron chi connectivity index (χ3n) is 5.02. The molecule has 1 unspecified atom stereocenters. The topological polar surface area (TPSA) is 62.5 Å². The highest BCUT2D eigenvalue weighted by molar-refractivity contribution is 5.84. The van der Waals surface area contributed by atoms with Crippen molar-refractivity contribution in [3.05, 3.63) is 30.3 Å². The minimum absolute atomic E-state index is 0.258. The van der Waals surface area contributed by atoms with Crippen molar-refractivity contribution in [1.82, 2.24) is 15.0 Å². The number of aromatic nitrogens is 2. The van der Waals surface area contributed by atoms with Crippen LogP contribution in [0.25, 0.3) is 11.4 Å². The molecule has 6 nitrogen and oxygen atoms in total. The molecule has 1 aromatic heterocycles.